The van der Waals surface area contributed by atoms with Crippen LogP contribution in [0.3, 0.4) is 0 Å². The zero-order valence-electron chi connectivity index (χ0n) is 8.31. The van der Waals surface area contributed by atoms with Crippen LogP contribution < -0.4 is 5.73 Å². The quantitative estimate of drug-likeness (QED) is 0.721. The first-order chi connectivity index (χ1) is 7.59. The molecular weight excluding hydrogens is 215 g/mol. The Hall–Kier alpha value is -1.81. The maximum atomic E-state index is 13.5. The summed E-state index contributed by atoms with van der Waals surface area (Å²) in [7, 11) is 0. The van der Waals surface area contributed by atoms with Gasteiger partial charge < -0.3 is 5.73 Å². The molecule has 0 saturated heterocycles. The summed E-state index contributed by atoms with van der Waals surface area (Å²) >= 11 is 0. The highest BCUT2D eigenvalue weighted by Crippen LogP contribution is 2.29. The molecule has 0 bridgehead atoms. The summed E-state index contributed by atoms with van der Waals surface area (Å²) in [5.41, 5.74) is 4.48. The minimum atomic E-state index is -1.20. The Balaban J connectivity index is 2.69. The molecule has 0 amide bonds. The van der Waals surface area contributed by atoms with Crippen LogP contribution in [0.5, 0.6) is 0 Å². The van der Waals surface area contributed by atoms with E-state index in [1.807, 2.05) is 0 Å². The lowest BCUT2D eigenvalue weighted by Gasteiger charge is -2.05. The molecule has 82 valence electrons. The van der Waals surface area contributed by atoms with Crippen molar-refractivity contribution in [1.82, 2.24) is 0 Å². The van der Waals surface area contributed by atoms with Crippen LogP contribution >= 0.6 is 0 Å². The lowest BCUT2D eigenvalue weighted by Crippen LogP contribution is -2.40. The van der Waals surface area contributed by atoms with E-state index in [9.17, 15) is 13.2 Å². The van der Waals surface area contributed by atoms with Gasteiger partial charge in [-0.2, -0.15) is 0 Å². The lowest BCUT2D eigenvalue weighted by molar-refractivity contribution is -0.253. The first-order valence-corrected chi connectivity index (χ1v) is 4.65. The molecule has 1 nitrogen and oxygen atoms in total. The van der Waals surface area contributed by atoms with E-state index >= 15 is 0 Å². The topological polar surface area (TPSA) is 27.6 Å². The van der Waals surface area contributed by atoms with E-state index in [0.717, 1.165) is 6.07 Å². The van der Waals surface area contributed by atoms with E-state index in [0.29, 0.717) is 17.3 Å². The van der Waals surface area contributed by atoms with E-state index < -0.39 is 17.5 Å². The predicted octanol–water partition coefficient (Wildman–Crippen LogP) is 2.64. The third kappa shape index (κ3) is 1.79. The van der Waals surface area contributed by atoms with Crippen LogP contribution in [-0.4, -0.2) is 0 Å². The molecule has 0 spiro atoms. The van der Waals surface area contributed by atoms with Gasteiger partial charge in [0.05, 0.1) is 0 Å². The van der Waals surface area contributed by atoms with Crippen LogP contribution in [0.2, 0.25) is 0 Å². The van der Waals surface area contributed by atoms with Crippen molar-refractivity contribution in [3.63, 3.8) is 0 Å². The van der Waals surface area contributed by atoms with Crippen molar-refractivity contribution >= 4 is 5.69 Å². The van der Waals surface area contributed by atoms with Crippen LogP contribution in [0.25, 0.3) is 11.1 Å². The highest BCUT2D eigenvalue weighted by molar-refractivity contribution is 5.73. The van der Waals surface area contributed by atoms with E-state index in [1.54, 1.807) is 24.3 Å². The third-order valence-electron chi connectivity index (χ3n) is 2.30. The largest absolute Gasteiger partial charge is 0.325 e. The Morgan fingerprint density at radius 3 is 2.25 bits per heavy atom. The second-order valence-corrected chi connectivity index (χ2v) is 3.41. The number of quaternary nitrogens is 1. The Labute approximate surface area is 90.3 Å². The standard InChI is InChI=1S/C12H8F3N/c13-7-5-9(12(15)10(14)6-7)8-3-1-2-4-11(8)16/h1-6H,16H2/p+1. The molecule has 2 aromatic rings. The minimum Gasteiger partial charge on any atom is -0.325 e. The Morgan fingerprint density at radius 1 is 0.875 bits per heavy atom. The normalized spacial score (nSPS) is 10.5. The molecule has 0 aliphatic heterocycles. The molecule has 3 N–H and O–H groups in total. The fourth-order valence-electron chi connectivity index (χ4n) is 1.54. The van der Waals surface area contributed by atoms with Gasteiger partial charge in [-0.1, -0.05) is 12.1 Å². The molecule has 0 aromatic heterocycles. The second kappa shape index (κ2) is 3.98. The molecule has 0 saturated carbocycles. The molecule has 16 heavy (non-hydrogen) atoms. The summed E-state index contributed by atoms with van der Waals surface area (Å²) in [5.74, 6) is -3.06. The van der Waals surface area contributed by atoms with Crippen molar-refractivity contribution in [1.29, 1.82) is 0 Å². The molecule has 0 fully saturated rings. The molecule has 0 aliphatic rings. The van der Waals surface area contributed by atoms with E-state index in [2.05, 4.69) is 5.73 Å². The number of hydrogen-bond donors (Lipinski definition) is 1. The first-order valence-electron chi connectivity index (χ1n) is 4.65. The molecule has 0 heterocycles. The lowest BCUT2D eigenvalue weighted by atomic mass is 10.0. The average molecular weight is 224 g/mol. The second-order valence-electron chi connectivity index (χ2n) is 3.41. The van der Waals surface area contributed by atoms with E-state index in [4.69, 9.17) is 0 Å². The summed E-state index contributed by atoms with van der Waals surface area (Å²) < 4.78 is 39.5. The van der Waals surface area contributed by atoms with Crippen molar-refractivity contribution in [2.75, 3.05) is 0 Å². The van der Waals surface area contributed by atoms with Crippen LogP contribution in [0.4, 0.5) is 18.9 Å². The maximum absolute atomic E-state index is 13.5. The zero-order chi connectivity index (χ0) is 11.7. The molecule has 0 atom stereocenters. The molecule has 0 radical (unpaired) electrons. The van der Waals surface area contributed by atoms with Crippen molar-refractivity contribution in [3.05, 3.63) is 53.8 Å². The monoisotopic (exact) mass is 224 g/mol. The molecule has 0 aliphatic carbocycles. The van der Waals surface area contributed by atoms with Gasteiger partial charge in [-0.15, -0.1) is 0 Å². The van der Waals surface area contributed by atoms with Gasteiger partial charge >= 0.3 is 0 Å². The molecular formula is C12H9F3N+. The Bertz CT molecular complexity index is 538. The third-order valence-corrected chi connectivity index (χ3v) is 2.30. The highest BCUT2D eigenvalue weighted by atomic mass is 19.2. The van der Waals surface area contributed by atoms with Gasteiger partial charge in [0.25, 0.3) is 0 Å². The summed E-state index contributed by atoms with van der Waals surface area (Å²) in [4.78, 5) is 0. The van der Waals surface area contributed by atoms with Crippen molar-refractivity contribution in [2.45, 2.75) is 0 Å². The molecule has 2 aromatic carbocycles. The fraction of sp³-hybridized carbons (Fsp3) is 0. The Morgan fingerprint density at radius 2 is 1.56 bits per heavy atom. The zero-order valence-corrected chi connectivity index (χ0v) is 8.31. The van der Waals surface area contributed by atoms with Gasteiger partial charge in [0.1, 0.15) is 11.5 Å². The van der Waals surface area contributed by atoms with Crippen molar-refractivity contribution in [2.24, 2.45) is 0 Å². The van der Waals surface area contributed by atoms with Crippen molar-refractivity contribution in [3.8, 4) is 11.1 Å². The molecule has 2 rings (SSSR count). The number of halogens is 3. The summed E-state index contributed by atoms with van der Waals surface area (Å²) in [6, 6.07) is 8.08. The maximum Gasteiger partial charge on any atom is 0.167 e. The smallest absolute Gasteiger partial charge is 0.167 e. The average Bonchev–Trinajstić information content (AvgIpc) is 2.24. The van der Waals surface area contributed by atoms with Gasteiger partial charge in [0, 0.05) is 17.2 Å². The van der Waals surface area contributed by atoms with Crippen LogP contribution in [0.15, 0.2) is 36.4 Å². The van der Waals surface area contributed by atoms with Gasteiger partial charge in [-0.05, 0) is 18.2 Å². The fourth-order valence-corrected chi connectivity index (χ4v) is 1.54. The van der Waals surface area contributed by atoms with Crippen LogP contribution in [-0.2, 0) is 0 Å². The SMILES string of the molecule is [NH3+]c1ccccc1-c1cc(F)cc(F)c1F. The van der Waals surface area contributed by atoms with Crippen molar-refractivity contribution < 1.29 is 18.9 Å². The number of benzene rings is 2. The number of rotatable bonds is 1. The van der Waals surface area contributed by atoms with Crippen LogP contribution in [0.1, 0.15) is 0 Å². The number of hydrogen-bond acceptors (Lipinski definition) is 0. The summed E-state index contributed by atoms with van der Waals surface area (Å²) in [5, 5.41) is 0. The van der Waals surface area contributed by atoms with E-state index in [-0.39, 0.29) is 5.56 Å². The summed E-state index contributed by atoms with van der Waals surface area (Å²) in [6.07, 6.45) is 0. The van der Waals surface area contributed by atoms with Crippen LogP contribution in [0, 0.1) is 17.5 Å². The summed E-state index contributed by atoms with van der Waals surface area (Å²) in [6.45, 7) is 0. The van der Waals surface area contributed by atoms with Gasteiger partial charge in [0.2, 0.25) is 0 Å². The Kier molecular flexibility index (Phi) is 2.66. The van der Waals surface area contributed by atoms with Gasteiger partial charge in [-0.3, -0.25) is 0 Å². The van der Waals surface area contributed by atoms with E-state index in [1.165, 1.54) is 0 Å². The van der Waals surface area contributed by atoms with Gasteiger partial charge in [0.15, 0.2) is 11.6 Å². The molecule has 4 heteroatoms. The molecule has 0 unspecified atom stereocenters. The minimum absolute atomic E-state index is 0.108. The van der Waals surface area contributed by atoms with Gasteiger partial charge in [-0.25, -0.2) is 13.2 Å². The predicted molar refractivity (Wildman–Crippen MR) is 54.3 cm³/mol. The first kappa shape index (κ1) is 10.7. The highest BCUT2D eigenvalue weighted by Gasteiger charge is 2.15.